The summed E-state index contributed by atoms with van der Waals surface area (Å²) in [5.74, 6) is 0.0415. The number of hydrogen-bond acceptors (Lipinski definition) is 5. The summed E-state index contributed by atoms with van der Waals surface area (Å²) in [6, 6.07) is 3.18. The monoisotopic (exact) mass is 462 g/mol. The Kier molecular flexibility index (Phi) is 8.44. The van der Waals surface area contributed by atoms with Crippen LogP contribution in [0.1, 0.15) is 38.3 Å². The van der Waals surface area contributed by atoms with E-state index < -0.39 is 12.3 Å². The first kappa shape index (κ1) is 25.5. The molecule has 1 aliphatic heterocycles. The van der Waals surface area contributed by atoms with Gasteiger partial charge in [0.05, 0.1) is 0 Å². The van der Waals surface area contributed by atoms with Gasteiger partial charge in [-0.3, -0.25) is 0 Å². The van der Waals surface area contributed by atoms with Gasteiger partial charge in [-0.1, -0.05) is 39.0 Å². The van der Waals surface area contributed by atoms with Crippen molar-refractivity contribution >= 4 is 17.7 Å². The van der Waals surface area contributed by atoms with Gasteiger partial charge in [0.2, 0.25) is 6.10 Å². The highest BCUT2D eigenvalue weighted by Crippen LogP contribution is 2.43. The van der Waals surface area contributed by atoms with Crippen LogP contribution in [-0.4, -0.2) is 55.7 Å². The summed E-state index contributed by atoms with van der Waals surface area (Å²) in [6.45, 7) is 11.3. The molecule has 0 fully saturated rings. The van der Waals surface area contributed by atoms with E-state index in [0.29, 0.717) is 35.8 Å². The zero-order valence-electron chi connectivity index (χ0n) is 18.3. The molecule has 0 saturated heterocycles. The second-order valence-electron chi connectivity index (χ2n) is 8.60. The molecular weight excluding hydrogens is 433 g/mol. The molecule has 0 saturated carbocycles. The summed E-state index contributed by atoms with van der Waals surface area (Å²) < 4.78 is 52.2. The molecule has 1 aromatic carbocycles. The van der Waals surface area contributed by atoms with Crippen LogP contribution in [0.15, 0.2) is 30.0 Å². The number of hydrogen-bond donors (Lipinski definition) is 2. The highest BCUT2D eigenvalue weighted by Gasteiger charge is 2.47. The lowest BCUT2D eigenvalue weighted by molar-refractivity contribution is -0.184. The van der Waals surface area contributed by atoms with Crippen LogP contribution in [0.25, 0.3) is 6.08 Å². The van der Waals surface area contributed by atoms with Crippen molar-refractivity contribution in [3.63, 3.8) is 0 Å². The standard InChI is InChI=1S/C22H30ClF3N2O3/c1-14(30-10-9-28(5)8-6-7-27-29)16-11-15-12-18(23)17(21(2,3)4)13-19(15)31-20(16)22(24,25)26/h11-13,20,27,29H,1,6-10H2,2-5H3. The zero-order valence-corrected chi connectivity index (χ0v) is 19.0. The molecule has 0 aromatic heterocycles. The number of likely N-dealkylation sites (N-methyl/N-ethyl adjacent to an activating group) is 1. The molecular formula is C22H30ClF3N2O3. The number of ether oxygens (including phenoxy) is 2. The Balaban J connectivity index is 2.20. The molecule has 174 valence electrons. The quantitative estimate of drug-likeness (QED) is 0.301. The first-order chi connectivity index (χ1) is 14.3. The van der Waals surface area contributed by atoms with Crippen molar-refractivity contribution in [3.05, 3.63) is 46.2 Å². The average Bonchev–Trinajstić information content (AvgIpc) is 2.65. The topological polar surface area (TPSA) is 54.0 Å². The summed E-state index contributed by atoms with van der Waals surface area (Å²) >= 11 is 6.38. The number of fused-ring (bicyclic) bond motifs is 1. The van der Waals surface area contributed by atoms with Gasteiger partial charge in [-0.25, -0.2) is 5.48 Å². The van der Waals surface area contributed by atoms with Gasteiger partial charge in [0, 0.05) is 29.2 Å². The Bertz CT molecular complexity index is 819. The largest absolute Gasteiger partial charge is 0.492 e. The van der Waals surface area contributed by atoms with Gasteiger partial charge in [-0.2, -0.15) is 13.2 Å². The molecule has 0 bridgehead atoms. The maximum atomic E-state index is 13.8. The molecule has 1 unspecified atom stereocenters. The van der Waals surface area contributed by atoms with Crippen molar-refractivity contribution in [1.82, 2.24) is 10.4 Å². The third-order valence-corrected chi connectivity index (χ3v) is 5.26. The third kappa shape index (κ3) is 6.87. The molecule has 1 heterocycles. The van der Waals surface area contributed by atoms with Crippen molar-refractivity contribution < 1.29 is 27.9 Å². The predicted molar refractivity (Wildman–Crippen MR) is 116 cm³/mol. The molecule has 2 rings (SSSR count). The second kappa shape index (κ2) is 10.3. The van der Waals surface area contributed by atoms with Crippen molar-refractivity contribution in [2.24, 2.45) is 0 Å². The minimum Gasteiger partial charge on any atom is -0.492 e. The highest BCUT2D eigenvalue weighted by atomic mass is 35.5. The van der Waals surface area contributed by atoms with Gasteiger partial charge in [0.25, 0.3) is 0 Å². The predicted octanol–water partition coefficient (Wildman–Crippen LogP) is 5.18. The van der Waals surface area contributed by atoms with E-state index >= 15 is 0 Å². The fourth-order valence-electron chi connectivity index (χ4n) is 3.21. The van der Waals surface area contributed by atoms with E-state index in [1.165, 1.54) is 6.08 Å². The zero-order chi connectivity index (χ0) is 23.4. The SMILES string of the molecule is C=C(OCCN(C)CCCNO)C1=Cc2cc(Cl)c(C(C)(C)C)cc2OC1C(F)(F)F. The van der Waals surface area contributed by atoms with Crippen LogP contribution < -0.4 is 10.2 Å². The van der Waals surface area contributed by atoms with Crippen LogP contribution in [0.5, 0.6) is 5.75 Å². The van der Waals surface area contributed by atoms with Crippen LogP contribution in [-0.2, 0) is 10.2 Å². The first-order valence-electron chi connectivity index (χ1n) is 10.0. The fourth-order valence-corrected chi connectivity index (χ4v) is 3.67. The molecule has 0 aliphatic carbocycles. The van der Waals surface area contributed by atoms with Crippen molar-refractivity contribution in [2.75, 3.05) is 33.3 Å². The van der Waals surface area contributed by atoms with E-state index in [2.05, 4.69) is 12.1 Å². The Labute approximate surface area is 186 Å². The van der Waals surface area contributed by atoms with E-state index in [1.54, 1.807) is 12.1 Å². The summed E-state index contributed by atoms with van der Waals surface area (Å²) in [7, 11) is 1.86. The van der Waals surface area contributed by atoms with Gasteiger partial charge < -0.3 is 19.6 Å². The van der Waals surface area contributed by atoms with Crippen LogP contribution >= 0.6 is 11.6 Å². The number of alkyl halides is 3. The molecule has 0 radical (unpaired) electrons. The van der Waals surface area contributed by atoms with Gasteiger partial charge in [-0.15, -0.1) is 0 Å². The number of nitrogens with one attached hydrogen (secondary N) is 1. The summed E-state index contributed by atoms with van der Waals surface area (Å²) in [5.41, 5.74) is 2.71. The number of benzene rings is 1. The molecule has 0 spiro atoms. The Morgan fingerprint density at radius 1 is 1.29 bits per heavy atom. The molecule has 1 aliphatic rings. The Hall–Kier alpha value is -1.74. The van der Waals surface area contributed by atoms with Gasteiger partial charge in [0.1, 0.15) is 18.1 Å². The van der Waals surface area contributed by atoms with Gasteiger partial charge in [-0.05, 0) is 49.2 Å². The molecule has 2 N–H and O–H groups in total. The van der Waals surface area contributed by atoms with Crippen LogP contribution in [0.2, 0.25) is 5.02 Å². The molecule has 1 atom stereocenters. The normalized spacial score (nSPS) is 16.6. The van der Waals surface area contributed by atoms with Crippen LogP contribution in [0.4, 0.5) is 13.2 Å². The molecule has 0 amide bonds. The van der Waals surface area contributed by atoms with Gasteiger partial charge >= 0.3 is 6.18 Å². The highest BCUT2D eigenvalue weighted by molar-refractivity contribution is 6.31. The smallest absolute Gasteiger partial charge is 0.429 e. The number of nitrogens with zero attached hydrogens (tertiary/aromatic N) is 1. The molecule has 1 aromatic rings. The van der Waals surface area contributed by atoms with Crippen molar-refractivity contribution in [2.45, 2.75) is 44.9 Å². The van der Waals surface area contributed by atoms with E-state index in [9.17, 15) is 13.2 Å². The Morgan fingerprint density at radius 2 is 1.97 bits per heavy atom. The maximum absolute atomic E-state index is 13.8. The Morgan fingerprint density at radius 3 is 2.55 bits per heavy atom. The molecule has 31 heavy (non-hydrogen) atoms. The van der Waals surface area contributed by atoms with Crippen LogP contribution in [0.3, 0.4) is 0 Å². The van der Waals surface area contributed by atoms with E-state index in [0.717, 1.165) is 6.42 Å². The van der Waals surface area contributed by atoms with Gasteiger partial charge in [0.15, 0.2) is 0 Å². The van der Waals surface area contributed by atoms with Crippen molar-refractivity contribution in [1.29, 1.82) is 0 Å². The number of hydroxylamine groups is 1. The summed E-state index contributed by atoms with van der Waals surface area (Å²) in [4.78, 5) is 1.95. The average molecular weight is 463 g/mol. The minimum absolute atomic E-state index is 0.0885. The lowest BCUT2D eigenvalue weighted by Gasteiger charge is -2.31. The first-order valence-corrected chi connectivity index (χ1v) is 10.4. The van der Waals surface area contributed by atoms with Crippen molar-refractivity contribution in [3.8, 4) is 5.75 Å². The molecule has 5 nitrogen and oxygen atoms in total. The fraction of sp³-hybridized carbons (Fsp3) is 0.545. The summed E-state index contributed by atoms with van der Waals surface area (Å²) in [6.07, 6.45) is -4.70. The maximum Gasteiger partial charge on any atom is 0.429 e. The van der Waals surface area contributed by atoms with E-state index in [4.69, 9.17) is 26.3 Å². The van der Waals surface area contributed by atoms with E-state index in [-0.39, 0.29) is 29.1 Å². The van der Waals surface area contributed by atoms with E-state index in [1.807, 2.05) is 32.7 Å². The third-order valence-electron chi connectivity index (χ3n) is 4.94. The summed E-state index contributed by atoms with van der Waals surface area (Å²) in [5, 5.41) is 9.04. The minimum atomic E-state index is -4.63. The number of halogens is 4. The number of rotatable bonds is 9. The molecule has 9 heteroatoms. The second-order valence-corrected chi connectivity index (χ2v) is 9.00. The lowest BCUT2D eigenvalue weighted by atomic mass is 9.85. The lowest BCUT2D eigenvalue weighted by Crippen LogP contribution is -2.39. The van der Waals surface area contributed by atoms with Crippen LogP contribution in [0, 0.1) is 0 Å².